The van der Waals surface area contributed by atoms with E-state index < -0.39 is 0 Å². The van der Waals surface area contributed by atoms with Crippen molar-refractivity contribution in [2.75, 3.05) is 0 Å². The quantitative estimate of drug-likeness (QED) is 0.526. The Morgan fingerprint density at radius 1 is 0.857 bits per heavy atom. The summed E-state index contributed by atoms with van der Waals surface area (Å²) >= 11 is 0. The summed E-state index contributed by atoms with van der Waals surface area (Å²) in [6.07, 6.45) is 0. The van der Waals surface area contributed by atoms with E-state index in [1.54, 1.807) is 0 Å². The van der Waals surface area contributed by atoms with Gasteiger partial charge in [-0.15, -0.1) is 0 Å². The van der Waals surface area contributed by atoms with E-state index >= 15 is 0 Å². The van der Waals surface area contributed by atoms with Crippen molar-refractivity contribution < 1.29 is 4.57 Å². The maximum Gasteiger partial charge on any atom is 0.372 e. The highest BCUT2D eigenvalue weighted by atomic mass is 16.1. The van der Waals surface area contributed by atoms with Crippen LogP contribution >= 0.6 is 0 Å². The van der Waals surface area contributed by atoms with Gasteiger partial charge in [0.15, 0.2) is 0 Å². The minimum atomic E-state index is 0.0764. The van der Waals surface area contributed by atoms with Gasteiger partial charge in [-0.3, -0.25) is 4.79 Å². The van der Waals surface area contributed by atoms with Gasteiger partial charge in [0, 0.05) is 5.56 Å². The monoisotopic (exact) mass is 386 g/mol. The molecule has 3 aromatic rings. The van der Waals surface area contributed by atoms with Crippen LogP contribution < -0.4 is 10.1 Å². The third-order valence-corrected chi connectivity index (χ3v) is 4.59. The molecule has 0 radical (unpaired) electrons. The van der Waals surface area contributed by atoms with Crippen molar-refractivity contribution in [2.24, 2.45) is 7.05 Å². The van der Waals surface area contributed by atoms with Crippen molar-refractivity contribution in [3.8, 4) is 11.3 Å². The van der Waals surface area contributed by atoms with Crippen LogP contribution in [0.4, 0.5) is 0 Å². The Morgan fingerprint density at radius 3 is 1.82 bits per heavy atom. The van der Waals surface area contributed by atoms with Gasteiger partial charge in [-0.2, -0.15) is 4.40 Å². The predicted octanol–water partition coefficient (Wildman–Crippen LogP) is 5.62. The van der Waals surface area contributed by atoms with Crippen LogP contribution in [0.5, 0.6) is 0 Å². The molecule has 156 valence electrons. The molecule has 2 heterocycles. The summed E-state index contributed by atoms with van der Waals surface area (Å²) < 4.78 is 6.17. The van der Waals surface area contributed by atoms with Crippen molar-refractivity contribution in [2.45, 2.75) is 75.8 Å². The van der Waals surface area contributed by atoms with Gasteiger partial charge in [0.25, 0.3) is 0 Å². The zero-order chi connectivity index (χ0) is 22.0. The minimum absolute atomic E-state index is 0.0764. The zero-order valence-corrected chi connectivity index (χ0v) is 19.8. The lowest BCUT2D eigenvalue weighted by atomic mass is 10.1. The first-order valence-corrected chi connectivity index (χ1v) is 10.7. The molecule has 4 nitrogen and oxygen atoms in total. The van der Waals surface area contributed by atoms with Crippen LogP contribution in [0, 0.1) is 20.8 Å². The first kappa shape index (κ1) is 25.6. The Kier molecular flexibility index (Phi) is 11.1. The third-order valence-electron chi connectivity index (χ3n) is 4.59. The molecule has 2 aromatic heterocycles. The normalized spacial score (nSPS) is 9.54. The van der Waals surface area contributed by atoms with Gasteiger partial charge >= 0.3 is 11.3 Å². The Hall–Kier alpha value is -2.36. The van der Waals surface area contributed by atoms with E-state index in [2.05, 4.69) is 28.2 Å². The number of aryl methyl sites for hydroxylation is 3. The van der Waals surface area contributed by atoms with E-state index in [0.29, 0.717) is 0 Å². The maximum absolute atomic E-state index is 12.8. The molecule has 0 fully saturated rings. The lowest BCUT2D eigenvalue weighted by molar-refractivity contribution is -0.636. The number of imidazole rings is 1. The number of aromatic nitrogens is 3. The lowest BCUT2D eigenvalue weighted by Gasteiger charge is -2.07. The van der Waals surface area contributed by atoms with E-state index in [1.807, 2.05) is 92.0 Å². The highest BCUT2D eigenvalue weighted by Gasteiger charge is 2.27. The molecule has 0 aliphatic carbocycles. The molecular formula is C24H40N3O+. The van der Waals surface area contributed by atoms with Gasteiger partial charge in [-0.05, 0) is 27.7 Å². The summed E-state index contributed by atoms with van der Waals surface area (Å²) in [6.45, 7) is 20.9. The van der Waals surface area contributed by atoms with E-state index in [4.69, 9.17) is 0 Å². The molecule has 0 aliphatic heterocycles. The van der Waals surface area contributed by atoms with Gasteiger partial charge in [-0.1, -0.05) is 71.9 Å². The maximum atomic E-state index is 12.8. The van der Waals surface area contributed by atoms with Gasteiger partial charge < -0.3 is 0 Å². The van der Waals surface area contributed by atoms with E-state index in [9.17, 15) is 4.79 Å². The number of hydrogen-bond donors (Lipinski definition) is 0. The molecule has 3 rings (SSSR count). The minimum Gasteiger partial charge on any atom is -0.250 e. The molecule has 0 N–H and O–H groups in total. The van der Waals surface area contributed by atoms with E-state index in [1.165, 1.54) is 0 Å². The van der Waals surface area contributed by atoms with Crippen LogP contribution in [0.1, 0.15) is 65.4 Å². The van der Waals surface area contributed by atoms with Crippen LogP contribution in [0.25, 0.3) is 17.0 Å². The third kappa shape index (κ3) is 4.54. The molecule has 0 aliphatic rings. The predicted molar refractivity (Wildman–Crippen MR) is 122 cm³/mol. The Morgan fingerprint density at radius 2 is 1.36 bits per heavy atom. The summed E-state index contributed by atoms with van der Waals surface area (Å²) in [5, 5.41) is 0. The smallest absolute Gasteiger partial charge is 0.250 e. The van der Waals surface area contributed by atoms with Crippen LogP contribution in [0.2, 0.25) is 0 Å². The second kappa shape index (κ2) is 12.2. The van der Waals surface area contributed by atoms with Crippen molar-refractivity contribution in [1.29, 1.82) is 0 Å². The molecule has 1 aromatic carbocycles. The Balaban J connectivity index is 0.00000111. The summed E-state index contributed by atoms with van der Waals surface area (Å²) in [5.74, 6) is 0.937. The van der Waals surface area contributed by atoms with Crippen molar-refractivity contribution in [1.82, 2.24) is 8.97 Å². The SMILES string of the molecule is CC.CC.CC.CCn1c(C)c(C)c(=O)n2c(C)c(-c3ccccc3)[n+](C)c12. The van der Waals surface area contributed by atoms with E-state index in [-0.39, 0.29) is 5.56 Å². The summed E-state index contributed by atoms with van der Waals surface area (Å²) in [6, 6.07) is 10.2. The first-order valence-electron chi connectivity index (χ1n) is 10.7. The molecule has 0 amide bonds. The molecule has 0 saturated heterocycles. The van der Waals surface area contributed by atoms with Gasteiger partial charge in [0.2, 0.25) is 0 Å². The second-order valence-electron chi connectivity index (χ2n) is 5.75. The Bertz CT molecular complexity index is 919. The van der Waals surface area contributed by atoms with Crippen LogP contribution in [-0.2, 0) is 13.6 Å². The fraction of sp³-hybridized carbons (Fsp3) is 0.500. The average Bonchev–Trinajstić information content (AvgIpc) is 3.02. The summed E-state index contributed by atoms with van der Waals surface area (Å²) in [4.78, 5) is 12.8. The topological polar surface area (TPSA) is 30.3 Å². The number of rotatable bonds is 2. The summed E-state index contributed by atoms with van der Waals surface area (Å²) in [5.41, 5.74) is 5.13. The average molecular weight is 387 g/mol. The molecule has 0 unspecified atom stereocenters. The fourth-order valence-electron chi connectivity index (χ4n) is 3.35. The van der Waals surface area contributed by atoms with Crippen molar-refractivity contribution in [3.63, 3.8) is 0 Å². The second-order valence-corrected chi connectivity index (χ2v) is 5.75. The first-order chi connectivity index (χ1) is 13.5. The molecule has 0 atom stereocenters. The van der Waals surface area contributed by atoms with Gasteiger partial charge in [0.05, 0.1) is 24.8 Å². The van der Waals surface area contributed by atoms with Crippen LogP contribution in [0.15, 0.2) is 35.1 Å². The Labute approximate surface area is 171 Å². The largest absolute Gasteiger partial charge is 0.372 e. The van der Waals surface area contributed by atoms with Crippen molar-refractivity contribution >= 4 is 5.78 Å². The van der Waals surface area contributed by atoms with Crippen LogP contribution in [-0.4, -0.2) is 8.97 Å². The zero-order valence-electron chi connectivity index (χ0n) is 19.8. The number of hydrogen-bond acceptors (Lipinski definition) is 1. The van der Waals surface area contributed by atoms with E-state index in [0.717, 1.165) is 40.5 Å². The lowest BCUT2D eigenvalue weighted by Crippen LogP contribution is -2.35. The highest BCUT2D eigenvalue weighted by molar-refractivity contribution is 5.60. The van der Waals surface area contributed by atoms with Gasteiger partial charge in [-0.25, -0.2) is 9.13 Å². The summed E-state index contributed by atoms with van der Waals surface area (Å²) in [7, 11) is 2.03. The number of fused-ring (bicyclic) bond motifs is 1. The standard InChI is InChI=1S/C18H22N3O.3C2H6/c1-6-20-13(3)12(2)17(22)21-14(4)16(19(5)18(20)21)15-10-8-7-9-11-15;3*1-2/h7-11H,6H2,1-5H3;3*1-2H3/q+1;;;. The molecule has 0 bridgehead atoms. The van der Waals surface area contributed by atoms with Gasteiger partial charge in [0.1, 0.15) is 11.4 Å². The highest BCUT2D eigenvalue weighted by Crippen LogP contribution is 2.21. The fourth-order valence-corrected chi connectivity index (χ4v) is 3.35. The van der Waals surface area contributed by atoms with Crippen LogP contribution in [0.3, 0.4) is 0 Å². The van der Waals surface area contributed by atoms with Crippen molar-refractivity contribution in [3.05, 3.63) is 57.6 Å². The molecular weight excluding hydrogens is 346 g/mol. The molecule has 4 heteroatoms. The number of nitrogens with zero attached hydrogens (tertiary/aromatic N) is 3. The molecule has 0 saturated carbocycles. The molecule has 28 heavy (non-hydrogen) atoms. The number of benzene rings is 1. The molecule has 0 spiro atoms.